The van der Waals surface area contributed by atoms with E-state index in [2.05, 4.69) is 10.6 Å². The number of nitrogens with one attached hydrogen (secondary N) is 2. The first-order valence-electron chi connectivity index (χ1n) is 12.8. The zero-order valence-corrected chi connectivity index (χ0v) is 23.2. The molecule has 2 aliphatic rings. The van der Waals surface area contributed by atoms with Gasteiger partial charge in [-0.25, -0.2) is 9.59 Å². The fourth-order valence-electron chi connectivity index (χ4n) is 4.83. The largest absolute Gasteiger partial charge is 0.481 e. The Labute approximate surface area is 214 Å². The summed E-state index contributed by atoms with van der Waals surface area (Å²) in [5.41, 5.74) is -2.58. The van der Waals surface area contributed by atoms with Crippen molar-refractivity contribution >= 4 is 24.1 Å². The number of carboxylic acid groups (broad SMARTS) is 2. The maximum atomic E-state index is 11.8. The number of carbonyl (C=O) groups excluding carboxylic acids is 2. The van der Waals surface area contributed by atoms with Crippen molar-refractivity contribution in [2.45, 2.75) is 129 Å². The third-order valence-corrected chi connectivity index (χ3v) is 6.59. The Hall–Kier alpha value is -2.52. The van der Waals surface area contributed by atoms with Crippen molar-refractivity contribution in [3.63, 3.8) is 0 Å². The Morgan fingerprint density at radius 3 is 1.22 bits per heavy atom. The topological polar surface area (TPSA) is 151 Å². The van der Waals surface area contributed by atoms with Crippen LogP contribution in [0.25, 0.3) is 0 Å². The summed E-state index contributed by atoms with van der Waals surface area (Å²) in [4.78, 5) is 46.0. The van der Waals surface area contributed by atoms with E-state index in [4.69, 9.17) is 9.47 Å². The molecule has 36 heavy (non-hydrogen) atoms. The van der Waals surface area contributed by atoms with Gasteiger partial charge in [-0.3, -0.25) is 9.59 Å². The van der Waals surface area contributed by atoms with Crippen LogP contribution in [0, 0.1) is 11.8 Å². The first-order chi connectivity index (χ1) is 16.3. The predicted molar refractivity (Wildman–Crippen MR) is 135 cm³/mol. The Kier molecular flexibility index (Phi) is 10.6. The summed E-state index contributed by atoms with van der Waals surface area (Å²) in [6.07, 6.45) is 5.09. The monoisotopic (exact) mass is 514 g/mol. The van der Waals surface area contributed by atoms with Gasteiger partial charge in [0, 0.05) is 0 Å². The molecule has 2 rings (SSSR count). The quantitative estimate of drug-likeness (QED) is 0.405. The van der Waals surface area contributed by atoms with E-state index in [0.29, 0.717) is 25.7 Å². The Morgan fingerprint density at radius 1 is 0.667 bits per heavy atom. The Morgan fingerprint density at radius 2 is 0.972 bits per heavy atom. The lowest BCUT2D eigenvalue weighted by Gasteiger charge is -2.40. The minimum atomic E-state index is -0.853. The van der Waals surface area contributed by atoms with Crippen LogP contribution in [0.2, 0.25) is 0 Å². The summed E-state index contributed by atoms with van der Waals surface area (Å²) in [6, 6.07) is 0. The van der Waals surface area contributed by atoms with Gasteiger partial charge in [0.05, 0.1) is 22.9 Å². The number of rotatable bonds is 4. The van der Waals surface area contributed by atoms with Crippen molar-refractivity contribution in [1.29, 1.82) is 0 Å². The van der Waals surface area contributed by atoms with E-state index in [1.165, 1.54) is 0 Å². The molecule has 0 radical (unpaired) electrons. The number of hydrogen-bond acceptors (Lipinski definition) is 6. The van der Waals surface area contributed by atoms with E-state index in [-0.39, 0.29) is 0 Å². The molecular weight excluding hydrogens is 468 g/mol. The number of amides is 2. The highest BCUT2D eigenvalue weighted by Gasteiger charge is 2.44. The lowest BCUT2D eigenvalue weighted by Crippen LogP contribution is -2.56. The second kappa shape index (κ2) is 12.1. The van der Waals surface area contributed by atoms with E-state index in [1.54, 1.807) is 55.4 Å². The van der Waals surface area contributed by atoms with Gasteiger partial charge in [-0.1, -0.05) is 25.7 Å². The maximum Gasteiger partial charge on any atom is 0.408 e. The molecule has 2 aliphatic carbocycles. The Bertz CT molecular complexity index is 735. The lowest BCUT2D eigenvalue weighted by molar-refractivity contribution is -0.147. The van der Waals surface area contributed by atoms with Gasteiger partial charge in [-0.15, -0.1) is 0 Å². The van der Waals surface area contributed by atoms with Crippen molar-refractivity contribution in [2.75, 3.05) is 0 Å². The van der Waals surface area contributed by atoms with E-state index in [9.17, 15) is 29.4 Å². The highest BCUT2D eigenvalue weighted by Crippen LogP contribution is 2.35. The maximum absolute atomic E-state index is 11.8. The van der Waals surface area contributed by atoms with Crippen molar-refractivity contribution in [1.82, 2.24) is 10.6 Å². The van der Waals surface area contributed by atoms with Gasteiger partial charge >= 0.3 is 24.1 Å². The van der Waals surface area contributed by atoms with Crippen LogP contribution in [0.3, 0.4) is 0 Å². The van der Waals surface area contributed by atoms with E-state index >= 15 is 0 Å². The highest BCUT2D eigenvalue weighted by atomic mass is 16.6. The van der Waals surface area contributed by atoms with Crippen LogP contribution < -0.4 is 10.6 Å². The number of ether oxygens (including phenoxy) is 2. The average molecular weight is 515 g/mol. The molecule has 2 saturated carbocycles. The molecule has 0 aliphatic heterocycles. The fourth-order valence-corrected chi connectivity index (χ4v) is 4.83. The molecule has 0 aromatic carbocycles. The van der Waals surface area contributed by atoms with Gasteiger partial charge in [0.1, 0.15) is 11.2 Å². The van der Waals surface area contributed by atoms with Crippen LogP contribution in [-0.2, 0) is 19.1 Å². The van der Waals surface area contributed by atoms with E-state index in [1.807, 2.05) is 0 Å². The van der Waals surface area contributed by atoms with Crippen LogP contribution in [0.1, 0.15) is 107 Å². The van der Waals surface area contributed by atoms with Crippen LogP contribution in [-0.4, -0.2) is 56.6 Å². The zero-order valence-electron chi connectivity index (χ0n) is 23.2. The molecule has 10 nitrogen and oxygen atoms in total. The third kappa shape index (κ3) is 10.2. The van der Waals surface area contributed by atoms with Crippen LogP contribution in [0.4, 0.5) is 9.59 Å². The predicted octanol–water partition coefficient (Wildman–Crippen LogP) is 5.09. The summed E-state index contributed by atoms with van der Waals surface area (Å²) in [5.74, 6) is -2.79. The minimum absolute atomic E-state index is 0.543. The summed E-state index contributed by atoms with van der Waals surface area (Å²) in [5, 5.41) is 23.9. The highest BCUT2D eigenvalue weighted by molar-refractivity contribution is 5.76. The van der Waals surface area contributed by atoms with Crippen LogP contribution in [0.5, 0.6) is 0 Å². The van der Waals surface area contributed by atoms with Crippen molar-refractivity contribution in [3.05, 3.63) is 0 Å². The normalized spacial score (nSPS) is 28.6. The van der Waals surface area contributed by atoms with Gasteiger partial charge < -0.3 is 30.3 Å². The average Bonchev–Trinajstić information content (AvgIpc) is 2.64. The molecule has 2 fully saturated rings. The molecule has 0 saturated heterocycles. The smallest absolute Gasteiger partial charge is 0.408 e. The second-order valence-corrected chi connectivity index (χ2v) is 12.4. The van der Waals surface area contributed by atoms with Crippen molar-refractivity contribution < 1.29 is 38.9 Å². The molecule has 10 heteroatoms. The molecular formula is C26H46N2O8. The third-order valence-electron chi connectivity index (χ3n) is 6.59. The minimum Gasteiger partial charge on any atom is -0.481 e. The molecule has 4 atom stereocenters. The lowest BCUT2D eigenvalue weighted by atomic mass is 9.74. The van der Waals surface area contributed by atoms with Gasteiger partial charge in [0.25, 0.3) is 0 Å². The summed E-state index contributed by atoms with van der Waals surface area (Å²) in [6.45, 7) is 14.3. The van der Waals surface area contributed by atoms with Crippen molar-refractivity contribution in [2.24, 2.45) is 11.8 Å². The van der Waals surface area contributed by atoms with Gasteiger partial charge in [-0.2, -0.15) is 0 Å². The molecule has 0 spiro atoms. The molecule has 0 unspecified atom stereocenters. The number of hydrogen-bond donors (Lipinski definition) is 4. The van der Waals surface area contributed by atoms with Crippen LogP contribution in [0.15, 0.2) is 0 Å². The molecule has 0 aromatic rings. The molecule has 2 amide bonds. The second-order valence-electron chi connectivity index (χ2n) is 12.4. The Balaban J connectivity index is 0.000000360. The number of aliphatic carboxylic acids is 2. The van der Waals surface area contributed by atoms with Gasteiger partial charge in [-0.05, 0) is 81.1 Å². The first-order valence-corrected chi connectivity index (χ1v) is 12.8. The summed E-state index contributed by atoms with van der Waals surface area (Å²) in [7, 11) is 0. The van der Waals surface area contributed by atoms with Gasteiger partial charge in [0.15, 0.2) is 0 Å². The number of alkyl carbamates (subject to hydrolysis) is 2. The first kappa shape index (κ1) is 31.5. The standard InChI is InChI=1S/2C13H23NO4/c2*1-12(2,3)18-11(17)14-13(4)8-6-5-7-9(13)10(15)16/h2*9H,5-8H2,1-4H3,(H,14,17)(H,15,16)/t2*9-,13-/m10/s1. The van der Waals surface area contributed by atoms with E-state index < -0.39 is 58.2 Å². The van der Waals surface area contributed by atoms with Gasteiger partial charge in [0.2, 0.25) is 0 Å². The molecule has 4 N–H and O–H groups in total. The van der Waals surface area contributed by atoms with Crippen molar-refractivity contribution in [3.8, 4) is 0 Å². The molecule has 0 heterocycles. The SMILES string of the molecule is CC(C)(C)OC(=O)N[C@@]1(C)CCCC[C@H]1C(=O)O.CC(C)(C)OC(=O)N[C@]1(C)CCCC[C@@H]1C(=O)O. The summed E-state index contributed by atoms with van der Waals surface area (Å²) >= 11 is 0. The molecule has 208 valence electrons. The molecule has 0 aromatic heterocycles. The fraction of sp³-hybridized carbons (Fsp3) is 0.846. The van der Waals surface area contributed by atoms with Crippen LogP contribution >= 0.6 is 0 Å². The summed E-state index contributed by atoms with van der Waals surface area (Å²) < 4.78 is 10.4. The number of carbonyl (C=O) groups is 4. The number of carboxylic acids is 2. The van der Waals surface area contributed by atoms with E-state index in [0.717, 1.165) is 25.7 Å². The molecule has 0 bridgehead atoms. The zero-order chi connectivity index (χ0) is 27.9.